The Balaban J connectivity index is 1.54. The molecule has 0 saturated carbocycles. The fourth-order valence-electron chi connectivity index (χ4n) is 4.12. The van der Waals surface area contributed by atoms with Crippen molar-refractivity contribution >= 4 is 57.0 Å². The largest absolute Gasteiger partial charge is 0.493 e. The number of benzene rings is 4. The molecule has 9 nitrogen and oxygen atoms in total. The van der Waals surface area contributed by atoms with Crippen LogP contribution in [0.2, 0.25) is 5.02 Å². The number of anilines is 2. The number of methoxy groups -OCH3 is 1. The summed E-state index contributed by atoms with van der Waals surface area (Å²) >= 11 is 5.85. The first-order chi connectivity index (χ1) is 19.7. The molecule has 0 aromatic heterocycles. The highest BCUT2D eigenvalue weighted by Gasteiger charge is 2.43. The zero-order valence-electron chi connectivity index (χ0n) is 21.4. The standard InChI is InChI=1S/C30H21ClN2O7S/c1-39-27-19-20(12-17-26(27)40-41(37,38)24-15-13-21(31)14-16-24)18-25-28(34)32(22-8-4-2-5-9-22)30(36)33(29(25)35)23-10-6-3-7-11-23/h2-19H,1H3. The molecule has 1 aliphatic rings. The third-order valence-corrected chi connectivity index (χ3v) is 7.58. The predicted octanol–water partition coefficient (Wildman–Crippen LogP) is 5.70. The zero-order valence-corrected chi connectivity index (χ0v) is 23.0. The van der Waals surface area contributed by atoms with Gasteiger partial charge < -0.3 is 8.92 Å². The van der Waals surface area contributed by atoms with Gasteiger partial charge in [-0.05, 0) is 72.3 Å². The molecule has 1 saturated heterocycles. The number of barbiturate groups is 1. The Morgan fingerprint density at radius 3 is 1.76 bits per heavy atom. The van der Waals surface area contributed by atoms with E-state index in [-0.39, 0.29) is 33.3 Å². The van der Waals surface area contributed by atoms with Crippen LogP contribution in [0.25, 0.3) is 6.08 Å². The van der Waals surface area contributed by atoms with E-state index in [1.165, 1.54) is 55.7 Å². The van der Waals surface area contributed by atoms with E-state index >= 15 is 0 Å². The second kappa shape index (κ2) is 11.3. The molecule has 1 fully saturated rings. The lowest BCUT2D eigenvalue weighted by molar-refractivity contribution is -0.121. The Hall–Kier alpha value is -4.93. The summed E-state index contributed by atoms with van der Waals surface area (Å²) in [5.74, 6) is -1.72. The SMILES string of the molecule is COc1cc(C=C2C(=O)N(c3ccccc3)C(=O)N(c3ccccc3)C2=O)ccc1OS(=O)(=O)c1ccc(Cl)cc1. The van der Waals surface area contributed by atoms with Crippen molar-refractivity contribution in [2.75, 3.05) is 16.9 Å². The van der Waals surface area contributed by atoms with Crippen molar-refractivity contribution in [2.45, 2.75) is 4.90 Å². The van der Waals surface area contributed by atoms with E-state index in [4.69, 9.17) is 20.5 Å². The first-order valence-electron chi connectivity index (χ1n) is 12.1. The Bertz CT molecular complexity index is 1710. The minimum atomic E-state index is -4.22. The second-order valence-corrected chi connectivity index (χ2v) is 10.7. The van der Waals surface area contributed by atoms with E-state index in [1.807, 2.05) is 0 Å². The molecule has 11 heteroatoms. The van der Waals surface area contributed by atoms with Gasteiger partial charge in [-0.15, -0.1) is 0 Å². The lowest BCUT2D eigenvalue weighted by Gasteiger charge is -2.33. The Morgan fingerprint density at radius 2 is 1.24 bits per heavy atom. The molecule has 41 heavy (non-hydrogen) atoms. The lowest BCUT2D eigenvalue weighted by atomic mass is 10.0. The summed E-state index contributed by atoms with van der Waals surface area (Å²) < 4.78 is 36.2. The van der Waals surface area contributed by atoms with E-state index in [0.717, 1.165) is 9.80 Å². The molecule has 0 radical (unpaired) electrons. The summed E-state index contributed by atoms with van der Waals surface area (Å²) in [4.78, 5) is 42.3. The van der Waals surface area contributed by atoms with Gasteiger partial charge in [0.1, 0.15) is 10.5 Å². The van der Waals surface area contributed by atoms with Crippen LogP contribution in [0.5, 0.6) is 11.5 Å². The van der Waals surface area contributed by atoms with Gasteiger partial charge in [-0.3, -0.25) is 9.59 Å². The zero-order chi connectivity index (χ0) is 29.1. The molecule has 1 heterocycles. The van der Waals surface area contributed by atoms with Gasteiger partial charge in [0.15, 0.2) is 11.5 Å². The topological polar surface area (TPSA) is 110 Å². The molecule has 0 unspecified atom stereocenters. The molecule has 206 valence electrons. The van der Waals surface area contributed by atoms with Crippen LogP contribution in [0.3, 0.4) is 0 Å². The van der Waals surface area contributed by atoms with Gasteiger partial charge in [0, 0.05) is 5.02 Å². The van der Waals surface area contributed by atoms with E-state index < -0.39 is 28.0 Å². The third kappa shape index (κ3) is 5.56. The van der Waals surface area contributed by atoms with Crippen LogP contribution in [0, 0.1) is 0 Å². The number of halogens is 1. The maximum Gasteiger partial charge on any atom is 0.343 e. The van der Waals surface area contributed by atoms with Crippen molar-refractivity contribution in [2.24, 2.45) is 0 Å². The molecule has 0 N–H and O–H groups in total. The van der Waals surface area contributed by atoms with E-state index in [0.29, 0.717) is 10.6 Å². The maximum atomic E-state index is 13.6. The Kier molecular flexibility index (Phi) is 7.60. The average molecular weight is 589 g/mol. The lowest BCUT2D eigenvalue weighted by Crippen LogP contribution is -2.57. The number of imide groups is 2. The van der Waals surface area contributed by atoms with E-state index in [1.54, 1.807) is 60.7 Å². The van der Waals surface area contributed by atoms with Gasteiger partial charge in [0.2, 0.25) is 0 Å². The van der Waals surface area contributed by atoms with Crippen molar-refractivity contribution in [1.29, 1.82) is 0 Å². The number of hydrogen-bond acceptors (Lipinski definition) is 7. The number of para-hydroxylation sites is 2. The van der Waals surface area contributed by atoms with Crippen LogP contribution in [0.1, 0.15) is 5.56 Å². The molecule has 1 aliphatic heterocycles. The fraction of sp³-hybridized carbons (Fsp3) is 0.0333. The van der Waals surface area contributed by atoms with Crippen LogP contribution in [0.15, 0.2) is 114 Å². The number of hydrogen-bond donors (Lipinski definition) is 0. The summed E-state index contributed by atoms with van der Waals surface area (Å²) in [5.41, 5.74) is 0.609. The third-order valence-electron chi connectivity index (χ3n) is 6.08. The van der Waals surface area contributed by atoms with Crippen molar-refractivity contribution in [1.82, 2.24) is 0 Å². The number of carbonyl (C=O) groups excluding carboxylic acids is 3. The first-order valence-corrected chi connectivity index (χ1v) is 13.9. The van der Waals surface area contributed by atoms with Crippen LogP contribution in [-0.2, 0) is 19.7 Å². The van der Waals surface area contributed by atoms with Crippen LogP contribution in [0.4, 0.5) is 16.2 Å². The summed E-state index contributed by atoms with van der Waals surface area (Å²) in [6.07, 6.45) is 1.31. The molecule has 0 spiro atoms. The summed E-state index contributed by atoms with van der Waals surface area (Å²) in [7, 11) is -2.90. The number of amides is 4. The summed E-state index contributed by atoms with van der Waals surface area (Å²) in [6.45, 7) is 0. The van der Waals surface area contributed by atoms with E-state index in [9.17, 15) is 22.8 Å². The Morgan fingerprint density at radius 1 is 0.707 bits per heavy atom. The Labute approximate surface area is 240 Å². The van der Waals surface area contributed by atoms with Crippen molar-refractivity contribution in [3.63, 3.8) is 0 Å². The molecule has 0 aliphatic carbocycles. The molecular weight excluding hydrogens is 568 g/mol. The highest BCUT2D eigenvalue weighted by Crippen LogP contribution is 2.34. The van der Waals surface area contributed by atoms with E-state index in [2.05, 4.69) is 0 Å². The number of rotatable bonds is 7. The highest BCUT2D eigenvalue weighted by molar-refractivity contribution is 7.87. The number of ether oxygens (including phenoxy) is 1. The van der Waals surface area contributed by atoms with Crippen molar-refractivity contribution in [3.05, 3.63) is 119 Å². The van der Waals surface area contributed by atoms with Crippen molar-refractivity contribution in [3.8, 4) is 11.5 Å². The van der Waals surface area contributed by atoms with Crippen LogP contribution < -0.4 is 18.7 Å². The van der Waals surface area contributed by atoms with Crippen molar-refractivity contribution < 1.29 is 31.7 Å². The number of urea groups is 1. The number of carbonyl (C=O) groups is 3. The van der Waals surface area contributed by atoms with Gasteiger partial charge >= 0.3 is 16.1 Å². The minimum absolute atomic E-state index is 0.0310. The van der Waals surface area contributed by atoms with Gasteiger partial charge in [-0.2, -0.15) is 8.42 Å². The molecule has 0 atom stereocenters. The normalized spacial score (nSPS) is 13.8. The smallest absolute Gasteiger partial charge is 0.343 e. The second-order valence-electron chi connectivity index (χ2n) is 8.69. The monoisotopic (exact) mass is 588 g/mol. The molecule has 0 bridgehead atoms. The first kappa shape index (κ1) is 27.6. The highest BCUT2D eigenvalue weighted by atomic mass is 35.5. The molecule has 4 aromatic rings. The average Bonchev–Trinajstić information content (AvgIpc) is 2.97. The predicted molar refractivity (Wildman–Crippen MR) is 153 cm³/mol. The van der Waals surface area contributed by atoms with Gasteiger partial charge in [0.25, 0.3) is 11.8 Å². The van der Waals surface area contributed by atoms with Crippen LogP contribution in [-0.4, -0.2) is 33.4 Å². The van der Waals surface area contributed by atoms with Gasteiger partial charge in [-0.1, -0.05) is 54.1 Å². The van der Waals surface area contributed by atoms with Gasteiger partial charge in [0.05, 0.1) is 18.5 Å². The fourth-order valence-corrected chi connectivity index (χ4v) is 5.18. The maximum absolute atomic E-state index is 13.6. The van der Waals surface area contributed by atoms with Gasteiger partial charge in [-0.25, -0.2) is 14.6 Å². The minimum Gasteiger partial charge on any atom is -0.493 e. The summed E-state index contributed by atoms with van der Waals surface area (Å²) in [6, 6.07) is 25.4. The van der Waals surface area contributed by atoms with Crippen LogP contribution >= 0.6 is 11.6 Å². The molecular formula is C30H21ClN2O7S. The molecule has 5 rings (SSSR count). The quantitative estimate of drug-likeness (QED) is 0.155. The molecule has 4 amide bonds. The number of nitrogens with zero attached hydrogens (tertiary/aromatic N) is 2. The molecule has 4 aromatic carbocycles. The summed E-state index contributed by atoms with van der Waals surface area (Å²) in [5, 5.41) is 0.365.